The molecule has 140 valence electrons. The number of unbranched alkanes of at least 4 members (excludes halogenated alkanes) is 1. The molecule has 0 aliphatic rings. The predicted molar refractivity (Wildman–Crippen MR) is 89.4 cm³/mol. The fourth-order valence-corrected chi connectivity index (χ4v) is 2.24. The van der Waals surface area contributed by atoms with Gasteiger partial charge in [0.2, 0.25) is 6.29 Å². The molecule has 0 bridgehead atoms. The first-order valence-electron chi connectivity index (χ1n) is 8.55. The van der Waals surface area contributed by atoms with E-state index in [1.165, 1.54) is 6.92 Å². The molecule has 0 saturated heterocycles. The summed E-state index contributed by atoms with van der Waals surface area (Å²) in [5.74, 6) is -1.48. The van der Waals surface area contributed by atoms with Gasteiger partial charge in [-0.1, -0.05) is 47.0 Å². The molecule has 0 heterocycles. The number of hydrogen-bond acceptors (Lipinski definition) is 5. The maximum absolute atomic E-state index is 11.9. The zero-order valence-electron chi connectivity index (χ0n) is 15.3. The number of esters is 1. The summed E-state index contributed by atoms with van der Waals surface area (Å²) in [7, 11) is 0. The lowest BCUT2D eigenvalue weighted by Gasteiger charge is -2.22. The number of nitrogens with one attached hydrogen (secondary N) is 1. The molecule has 0 unspecified atom stereocenters. The number of carboxylic acid groups (broad SMARTS) is 1. The third-order valence-corrected chi connectivity index (χ3v) is 3.51. The van der Waals surface area contributed by atoms with Crippen LogP contribution in [-0.2, 0) is 19.1 Å². The average Bonchev–Trinajstić information content (AvgIpc) is 2.43. The first-order valence-corrected chi connectivity index (χ1v) is 8.55. The normalized spacial score (nSPS) is 14.6. The Morgan fingerprint density at radius 3 is 2.21 bits per heavy atom. The molecule has 7 heteroatoms. The molecule has 0 aromatic rings. The van der Waals surface area contributed by atoms with E-state index < -0.39 is 30.4 Å². The number of carbonyl (C=O) groups excluding carboxylic acids is 2. The lowest BCUT2D eigenvalue weighted by molar-refractivity contribution is -0.168. The zero-order chi connectivity index (χ0) is 18.7. The largest absolute Gasteiger partial charge is 0.481 e. The highest BCUT2D eigenvalue weighted by Gasteiger charge is 2.22. The molecule has 0 radical (unpaired) electrons. The second kappa shape index (κ2) is 11.7. The van der Waals surface area contributed by atoms with E-state index >= 15 is 0 Å². The van der Waals surface area contributed by atoms with Crippen molar-refractivity contribution in [1.82, 2.24) is 5.32 Å². The lowest BCUT2D eigenvalue weighted by Crippen LogP contribution is -2.40. The minimum Gasteiger partial charge on any atom is -0.481 e. The fourth-order valence-electron chi connectivity index (χ4n) is 2.24. The Bertz CT molecular complexity index is 410. The first kappa shape index (κ1) is 22.2. The van der Waals surface area contributed by atoms with Crippen molar-refractivity contribution in [2.45, 2.75) is 79.1 Å². The van der Waals surface area contributed by atoms with Gasteiger partial charge in [-0.3, -0.25) is 9.59 Å². The zero-order valence-corrected chi connectivity index (χ0v) is 15.3. The summed E-state index contributed by atoms with van der Waals surface area (Å²) in [6.07, 6.45) is 1.69. The first-order chi connectivity index (χ1) is 11.1. The Kier molecular flexibility index (Phi) is 10.8. The monoisotopic (exact) mass is 345 g/mol. The van der Waals surface area contributed by atoms with Crippen molar-refractivity contribution < 1.29 is 29.0 Å². The quantitative estimate of drug-likeness (QED) is 0.440. The summed E-state index contributed by atoms with van der Waals surface area (Å²) < 4.78 is 9.90. The van der Waals surface area contributed by atoms with E-state index in [9.17, 15) is 14.4 Å². The number of ether oxygens (including phenoxy) is 2. The van der Waals surface area contributed by atoms with Crippen molar-refractivity contribution in [3.63, 3.8) is 0 Å². The minimum absolute atomic E-state index is 0.175. The summed E-state index contributed by atoms with van der Waals surface area (Å²) >= 11 is 0. The summed E-state index contributed by atoms with van der Waals surface area (Å²) in [5, 5.41) is 11.5. The second-order valence-corrected chi connectivity index (χ2v) is 6.49. The van der Waals surface area contributed by atoms with E-state index in [4.69, 9.17) is 14.6 Å². The number of rotatable bonds is 11. The number of amides is 1. The van der Waals surface area contributed by atoms with Crippen LogP contribution in [-0.4, -0.2) is 35.5 Å². The third kappa shape index (κ3) is 10.9. The highest BCUT2D eigenvalue weighted by Crippen LogP contribution is 2.16. The summed E-state index contributed by atoms with van der Waals surface area (Å²) in [5.41, 5.74) is 0. The molecule has 0 aliphatic heterocycles. The lowest BCUT2D eigenvalue weighted by atomic mass is 9.95. The maximum atomic E-state index is 11.9. The van der Waals surface area contributed by atoms with E-state index in [0.29, 0.717) is 12.3 Å². The number of carboxylic acids is 1. The van der Waals surface area contributed by atoms with E-state index in [2.05, 4.69) is 12.2 Å². The van der Waals surface area contributed by atoms with Crippen LogP contribution in [0.5, 0.6) is 0 Å². The van der Waals surface area contributed by atoms with Gasteiger partial charge in [0.05, 0.1) is 12.3 Å². The molecule has 0 aromatic carbocycles. The molecule has 0 spiro atoms. The summed E-state index contributed by atoms with van der Waals surface area (Å²) in [6, 6.07) is -0.519. The molecular weight excluding hydrogens is 314 g/mol. The Morgan fingerprint density at radius 2 is 1.71 bits per heavy atom. The molecule has 1 amide bonds. The van der Waals surface area contributed by atoms with E-state index in [1.807, 2.05) is 6.92 Å². The van der Waals surface area contributed by atoms with Crippen LogP contribution >= 0.6 is 0 Å². The Labute approximate surface area is 144 Å². The maximum Gasteiger partial charge on any atom is 0.410 e. The Hall–Kier alpha value is -1.79. The molecule has 0 aromatic heterocycles. The van der Waals surface area contributed by atoms with E-state index in [0.717, 1.165) is 19.3 Å². The van der Waals surface area contributed by atoms with Crippen LogP contribution < -0.4 is 5.32 Å². The van der Waals surface area contributed by atoms with Gasteiger partial charge in [-0.25, -0.2) is 4.79 Å². The molecule has 0 rings (SSSR count). The van der Waals surface area contributed by atoms with Crippen LogP contribution in [0.1, 0.15) is 66.7 Å². The van der Waals surface area contributed by atoms with Gasteiger partial charge in [0, 0.05) is 13.0 Å². The van der Waals surface area contributed by atoms with Crippen molar-refractivity contribution in [2.24, 2.45) is 11.8 Å². The number of carbonyl (C=O) groups is 3. The van der Waals surface area contributed by atoms with Crippen LogP contribution in [0.2, 0.25) is 0 Å². The smallest absolute Gasteiger partial charge is 0.410 e. The SMILES string of the molecule is CCCC[C@@H](C)C[C@@H](CC(=O)O)NC(=O)O[C@@H](C)OC(=O)C(C)C. The standard InChI is InChI=1S/C17H31NO6/c1-6-7-8-12(4)9-14(10-15(19)20)18-17(22)24-13(5)23-16(21)11(2)3/h11-14H,6-10H2,1-5H3,(H,18,22)(H,19,20)/t12-,13+,14+/m1/s1. The van der Waals surface area contributed by atoms with Gasteiger partial charge in [-0.15, -0.1) is 0 Å². The van der Waals surface area contributed by atoms with Gasteiger partial charge in [-0.2, -0.15) is 0 Å². The predicted octanol–water partition coefficient (Wildman–Crippen LogP) is 3.32. The van der Waals surface area contributed by atoms with Crippen LogP contribution in [0, 0.1) is 11.8 Å². The fraction of sp³-hybridized carbons (Fsp3) is 0.824. The highest BCUT2D eigenvalue weighted by molar-refractivity contribution is 5.73. The average molecular weight is 345 g/mol. The number of alkyl carbamates (subject to hydrolysis) is 1. The van der Waals surface area contributed by atoms with Crippen LogP contribution in [0.4, 0.5) is 4.79 Å². The van der Waals surface area contributed by atoms with Crippen molar-refractivity contribution in [1.29, 1.82) is 0 Å². The third-order valence-electron chi connectivity index (χ3n) is 3.51. The van der Waals surface area contributed by atoms with Gasteiger partial charge < -0.3 is 19.9 Å². The molecule has 0 aliphatic carbocycles. The van der Waals surface area contributed by atoms with Gasteiger partial charge in [0.15, 0.2) is 0 Å². The van der Waals surface area contributed by atoms with Crippen molar-refractivity contribution in [2.75, 3.05) is 0 Å². The molecule has 7 nitrogen and oxygen atoms in total. The van der Waals surface area contributed by atoms with Gasteiger partial charge >= 0.3 is 18.0 Å². The van der Waals surface area contributed by atoms with Gasteiger partial charge in [0.25, 0.3) is 0 Å². The van der Waals surface area contributed by atoms with Crippen molar-refractivity contribution >= 4 is 18.0 Å². The molecular formula is C17H31NO6. The second-order valence-electron chi connectivity index (χ2n) is 6.49. The highest BCUT2D eigenvalue weighted by atomic mass is 16.7. The van der Waals surface area contributed by atoms with Crippen molar-refractivity contribution in [3.05, 3.63) is 0 Å². The van der Waals surface area contributed by atoms with Gasteiger partial charge in [-0.05, 0) is 12.3 Å². The number of aliphatic carboxylic acids is 1. The van der Waals surface area contributed by atoms with E-state index in [-0.39, 0.29) is 12.3 Å². The Morgan fingerprint density at radius 1 is 1.08 bits per heavy atom. The van der Waals surface area contributed by atoms with E-state index in [1.54, 1.807) is 13.8 Å². The molecule has 0 fully saturated rings. The van der Waals surface area contributed by atoms with Gasteiger partial charge in [0.1, 0.15) is 0 Å². The minimum atomic E-state index is -1.03. The van der Waals surface area contributed by atoms with Crippen LogP contribution in [0.3, 0.4) is 0 Å². The molecule has 2 N–H and O–H groups in total. The molecule has 24 heavy (non-hydrogen) atoms. The van der Waals surface area contributed by atoms with Crippen LogP contribution in [0.15, 0.2) is 0 Å². The number of hydrogen-bond donors (Lipinski definition) is 2. The molecule has 0 saturated carbocycles. The molecule has 3 atom stereocenters. The van der Waals surface area contributed by atoms with Crippen molar-refractivity contribution in [3.8, 4) is 0 Å². The van der Waals surface area contributed by atoms with Crippen LogP contribution in [0.25, 0.3) is 0 Å². The summed E-state index contributed by atoms with van der Waals surface area (Å²) in [6.45, 7) is 8.92. The summed E-state index contributed by atoms with van der Waals surface area (Å²) in [4.78, 5) is 34.3. The topological polar surface area (TPSA) is 102 Å². The Balaban J connectivity index is 4.47.